The van der Waals surface area contributed by atoms with Crippen molar-refractivity contribution in [3.8, 4) is 17.0 Å². The molecule has 1 aromatic carbocycles. The second-order valence-corrected chi connectivity index (χ2v) is 4.25. The Morgan fingerprint density at radius 2 is 1.79 bits per heavy atom. The number of carbonyl (C=O) groups is 2. The van der Waals surface area contributed by atoms with Gasteiger partial charge in [0.1, 0.15) is 5.82 Å². The monoisotopic (exact) mass is 345 g/mol. The van der Waals surface area contributed by atoms with Gasteiger partial charge in [-0.3, -0.25) is 4.79 Å². The van der Waals surface area contributed by atoms with Gasteiger partial charge in [-0.2, -0.15) is 13.2 Å². The van der Waals surface area contributed by atoms with E-state index in [2.05, 4.69) is 4.98 Å². The molecule has 0 aliphatic rings. The first-order chi connectivity index (χ1) is 11.2. The normalized spacial score (nSPS) is 10.4. The smallest absolute Gasteiger partial charge is 0.481 e. The maximum atomic E-state index is 13.4. The van der Waals surface area contributed by atoms with E-state index in [9.17, 15) is 22.4 Å². The molecule has 0 bridgehead atoms. The molecule has 2 aromatic rings. The van der Waals surface area contributed by atoms with Gasteiger partial charge in [0.15, 0.2) is 6.29 Å². The van der Waals surface area contributed by atoms with E-state index >= 15 is 0 Å². The molecule has 1 aromatic heterocycles. The Balaban J connectivity index is 0.000000351. The number of methoxy groups -OCH3 is 1. The summed E-state index contributed by atoms with van der Waals surface area (Å²) in [7, 11) is 1.53. The molecule has 1 heterocycles. The first-order valence-electron chi connectivity index (χ1n) is 6.24. The van der Waals surface area contributed by atoms with Crippen molar-refractivity contribution in [2.75, 3.05) is 7.11 Å². The minimum absolute atomic E-state index is 0.0511. The van der Waals surface area contributed by atoms with Crippen LogP contribution in [0.15, 0.2) is 36.5 Å². The molecular weight excluding hydrogens is 334 g/mol. The molecule has 0 amide bonds. The zero-order valence-corrected chi connectivity index (χ0v) is 12.2. The van der Waals surface area contributed by atoms with Gasteiger partial charge in [0.2, 0.25) is 5.88 Å². The van der Waals surface area contributed by atoms with Crippen molar-refractivity contribution in [1.82, 2.24) is 4.98 Å². The Morgan fingerprint density at radius 3 is 2.17 bits per heavy atom. The van der Waals surface area contributed by atoms with Gasteiger partial charge in [-0.1, -0.05) is 6.07 Å². The summed E-state index contributed by atoms with van der Waals surface area (Å²) in [5.41, 5.74) is 1.49. The lowest BCUT2D eigenvalue weighted by Crippen LogP contribution is -2.21. The predicted octanol–water partition coefficient (Wildman–Crippen LogP) is 3.34. The van der Waals surface area contributed by atoms with Gasteiger partial charge < -0.3 is 9.84 Å². The number of hydrogen-bond donors (Lipinski definition) is 1. The molecule has 0 unspecified atom stereocenters. The van der Waals surface area contributed by atoms with Crippen LogP contribution in [-0.2, 0) is 4.79 Å². The molecule has 5 nitrogen and oxygen atoms in total. The van der Waals surface area contributed by atoms with E-state index in [1.54, 1.807) is 24.4 Å². The van der Waals surface area contributed by atoms with Gasteiger partial charge in [0, 0.05) is 17.8 Å². The fourth-order valence-electron chi connectivity index (χ4n) is 1.47. The molecule has 24 heavy (non-hydrogen) atoms. The summed E-state index contributed by atoms with van der Waals surface area (Å²) in [5.74, 6) is -2.79. The molecule has 0 aliphatic carbocycles. The maximum absolute atomic E-state index is 13.4. The van der Waals surface area contributed by atoms with Crippen LogP contribution in [0.2, 0.25) is 0 Å². The van der Waals surface area contributed by atoms with Crippen molar-refractivity contribution >= 4 is 12.3 Å². The van der Waals surface area contributed by atoms with Crippen LogP contribution >= 0.6 is 0 Å². The Morgan fingerprint density at radius 1 is 1.21 bits per heavy atom. The van der Waals surface area contributed by atoms with Gasteiger partial charge in [-0.15, -0.1) is 0 Å². The number of aldehydes is 1. The molecule has 9 heteroatoms. The number of aliphatic carboxylic acids is 1. The zero-order chi connectivity index (χ0) is 18.3. The lowest BCUT2D eigenvalue weighted by Gasteiger charge is -2.04. The Kier molecular flexibility index (Phi) is 6.39. The number of pyridine rings is 1. The molecular formula is C15H11F4NO4. The number of carboxylic acids is 1. The van der Waals surface area contributed by atoms with Crippen molar-refractivity contribution in [1.29, 1.82) is 0 Å². The van der Waals surface area contributed by atoms with Crippen molar-refractivity contribution in [2.45, 2.75) is 6.18 Å². The second-order valence-electron chi connectivity index (χ2n) is 4.25. The Labute approximate surface area is 133 Å². The van der Waals surface area contributed by atoms with E-state index in [0.29, 0.717) is 17.7 Å². The number of carboxylic acid groups (broad SMARTS) is 1. The summed E-state index contributed by atoms with van der Waals surface area (Å²) in [6, 6.07) is 7.91. The molecule has 128 valence electrons. The average Bonchev–Trinajstić information content (AvgIpc) is 2.54. The summed E-state index contributed by atoms with van der Waals surface area (Å²) >= 11 is 0. The van der Waals surface area contributed by atoms with Crippen LogP contribution in [0.5, 0.6) is 5.88 Å². The number of benzene rings is 1. The molecule has 0 fully saturated rings. The summed E-state index contributed by atoms with van der Waals surface area (Å²) in [5, 5.41) is 7.12. The summed E-state index contributed by atoms with van der Waals surface area (Å²) in [4.78, 5) is 23.4. The van der Waals surface area contributed by atoms with Crippen molar-refractivity contribution in [3.63, 3.8) is 0 Å². The van der Waals surface area contributed by atoms with Crippen LogP contribution in [-0.4, -0.2) is 35.6 Å². The van der Waals surface area contributed by atoms with Gasteiger partial charge in [-0.25, -0.2) is 14.2 Å². The summed E-state index contributed by atoms with van der Waals surface area (Å²) in [6.45, 7) is 0. The highest BCUT2D eigenvalue weighted by Gasteiger charge is 2.38. The van der Waals surface area contributed by atoms with E-state index < -0.39 is 18.0 Å². The Bertz CT molecular complexity index is 714. The SMILES string of the molecule is COc1ccc(-c2ccc(C=O)c(F)c2)cn1.O=C(O)C(F)(F)F. The largest absolute Gasteiger partial charge is 0.490 e. The number of rotatable bonds is 3. The maximum Gasteiger partial charge on any atom is 0.490 e. The highest BCUT2D eigenvalue weighted by Crippen LogP contribution is 2.22. The molecule has 0 atom stereocenters. The molecule has 0 saturated carbocycles. The molecule has 1 N–H and O–H groups in total. The molecule has 0 aliphatic heterocycles. The zero-order valence-electron chi connectivity index (χ0n) is 12.2. The van der Waals surface area contributed by atoms with Crippen molar-refractivity contribution in [2.24, 2.45) is 0 Å². The number of alkyl halides is 3. The highest BCUT2D eigenvalue weighted by atomic mass is 19.4. The van der Waals surface area contributed by atoms with Crippen molar-refractivity contribution < 1.29 is 37.0 Å². The van der Waals surface area contributed by atoms with E-state index in [-0.39, 0.29) is 5.56 Å². The minimum atomic E-state index is -5.08. The van der Waals surface area contributed by atoms with Gasteiger partial charge in [0.05, 0.1) is 12.7 Å². The molecule has 0 saturated heterocycles. The lowest BCUT2D eigenvalue weighted by atomic mass is 10.1. The van der Waals surface area contributed by atoms with Crippen LogP contribution in [0, 0.1) is 5.82 Å². The van der Waals surface area contributed by atoms with E-state index in [0.717, 1.165) is 5.56 Å². The molecule has 0 spiro atoms. The van der Waals surface area contributed by atoms with Crippen LogP contribution in [0.3, 0.4) is 0 Å². The van der Waals surface area contributed by atoms with E-state index in [1.807, 2.05) is 0 Å². The third-order valence-electron chi connectivity index (χ3n) is 2.65. The van der Waals surface area contributed by atoms with Gasteiger partial charge in [-0.05, 0) is 23.8 Å². The Hall–Kier alpha value is -2.97. The summed E-state index contributed by atoms with van der Waals surface area (Å²) in [6.07, 6.45) is -3.00. The second kappa shape index (κ2) is 8.04. The van der Waals surface area contributed by atoms with Gasteiger partial charge in [0.25, 0.3) is 0 Å². The fourth-order valence-corrected chi connectivity index (χ4v) is 1.47. The lowest BCUT2D eigenvalue weighted by molar-refractivity contribution is -0.192. The third-order valence-corrected chi connectivity index (χ3v) is 2.65. The number of hydrogen-bond acceptors (Lipinski definition) is 4. The topological polar surface area (TPSA) is 76.5 Å². The predicted molar refractivity (Wildman–Crippen MR) is 75.3 cm³/mol. The number of ether oxygens (including phenoxy) is 1. The van der Waals surface area contributed by atoms with Crippen LogP contribution in [0.1, 0.15) is 10.4 Å². The van der Waals surface area contributed by atoms with E-state index in [1.165, 1.54) is 19.2 Å². The number of halogens is 4. The average molecular weight is 345 g/mol. The quantitative estimate of drug-likeness (QED) is 0.682. The fraction of sp³-hybridized carbons (Fsp3) is 0.133. The van der Waals surface area contributed by atoms with Crippen molar-refractivity contribution in [3.05, 3.63) is 47.9 Å². The van der Waals surface area contributed by atoms with Crippen LogP contribution in [0.25, 0.3) is 11.1 Å². The van der Waals surface area contributed by atoms with Crippen LogP contribution < -0.4 is 4.74 Å². The molecule has 0 radical (unpaired) electrons. The highest BCUT2D eigenvalue weighted by molar-refractivity contribution is 5.77. The first-order valence-corrected chi connectivity index (χ1v) is 6.24. The van der Waals surface area contributed by atoms with Crippen LogP contribution in [0.4, 0.5) is 17.6 Å². The summed E-state index contributed by atoms with van der Waals surface area (Å²) < 4.78 is 50.1. The van der Waals surface area contributed by atoms with Gasteiger partial charge >= 0.3 is 12.1 Å². The molecule has 2 rings (SSSR count). The standard InChI is InChI=1S/C13H10FNO2.C2HF3O2/c1-17-13-5-4-10(7-15-13)9-2-3-11(8-16)12(14)6-9;3-2(4,5)1(6)7/h2-8H,1H3;(H,6,7). The van der Waals surface area contributed by atoms with E-state index in [4.69, 9.17) is 14.6 Å². The first kappa shape index (κ1) is 19.1. The number of nitrogens with zero attached hydrogens (tertiary/aromatic N) is 1. The third kappa shape index (κ3) is 5.34. The number of carbonyl (C=O) groups excluding carboxylic acids is 1. The minimum Gasteiger partial charge on any atom is -0.481 e. The number of aromatic nitrogens is 1.